The molecule has 0 saturated carbocycles. The molecule has 1 aromatic heterocycles. The second-order valence-electron chi connectivity index (χ2n) is 8.88. The number of nitrogens with zero attached hydrogens (tertiary/aromatic N) is 4. The molecule has 0 spiro atoms. The number of carbonyl (C=O) groups is 1. The molecule has 0 aliphatic carbocycles. The van der Waals surface area contributed by atoms with Crippen LogP contribution in [-0.2, 0) is 11.2 Å². The number of amides is 1. The third-order valence-corrected chi connectivity index (χ3v) is 6.67. The van der Waals surface area contributed by atoms with Gasteiger partial charge in [0.15, 0.2) is 0 Å². The van der Waals surface area contributed by atoms with Gasteiger partial charge in [0.05, 0.1) is 28.6 Å². The maximum atomic E-state index is 15.5. The molecule has 1 amide bonds. The standard InChI is InChI=1S/C27H34ClFN6O2/c1-5-23-24(19(14-30)7-6-17(2)31)26(33-16-32-23)20-12-21(28)25(22(29)13-20)27(36)35-10-8-34(9-11-35)18(3)15-37-4/h6-7,12-14,16,18H,2,5,8-11,15,30-31H2,1,3-4H3/b7-6-,19-14+. The van der Waals surface area contributed by atoms with Crippen molar-refractivity contribution < 1.29 is 13.9 Å². The summed E-state index contributed by atoms with van der Waals surface area (Å²) < 4.78 is 20.7. The van der Waals surface area contributed by atoms with Crippen LogP contribution in [0, 0.1) is 5.82 Å². The topological polar surface area (TPSA) is 111 Å². The molecule has 0 radical (unpaired) electrons. The molecule has 2 aromatic rings. The largest absolute Gasteiger partial charge is 0.404 e. The number of allylic oxidation sites excluding steroid dienone is 3. The molecule has 3 rings (SSSR count). The summed E-state index contributed by atoms with van der Waals surface area (Å²) in [4.78, 5) is 25.9. The average molecular weight is 529 g/mol. The molecule has 37 heavy (non-hydrogen) atoms. The van der Waals surface area contributed by atoms with Crippen molar-refractivity contribution in [2.75, 3.05) is 39.9 Å². The Kier molecular flexibility index (Phi) is 9.79. The number of rotatable bonds is 9. The van der Waals surface area contributed by atoms with Gasteiger partial charge >= 0.3 is 0 Å². The maximum absolute atomic E-state index is 15.5. The maximum Gasteiger partial charge on any atom is 0.258 e. The summed E-state index contributed by atoms with van der Waals surface area (Å²) in [6, 6.07) is 3.07. The molecule has 0 bridgehead atoms. The van der Waals surface area contributed by atoms with Crippen LogP contribution in [0.5, 0.6) is 0 Å². The zero-order valence-corrected chi connectivity index (χ0v) is 22.3. The van der Waals surface area contributed by atoms with E-state index in [1.165, 1.54) is 18.6 Å². The zero-order chi connectivity index (χ0) is 27.1. The predicted molar refractivity (Wildman–Crippen MR) is 145 cm³/mol. The van der Waals surface area contributed by atoms with Crippen molar-refractivity contribution >= 4 is 23.1 Å². The Morgan fingerprint density at radius 3 is 2.51 bits per heavy atom. The van der Waals surface area contributed by atoms with Crippen molar-refractivity contribution in [3.63, 3.8) is 0 Å². The van der Waals surface area contributed by atoms with Crippen LogP contribution < -0.4 is 11.5 Å². The van der Waals surface area contributed by atoms with Crippen molar-refractivity contribution in [3.8, 4) is 11.3 Å². The Labute approximate surface area is 222 Å². The van der Waals surface area contributed by atoms with Crippen LogP contribution in [-0.4, -0.2) is 71.6 Å². The summed E-state index contributed by atoms with van der Waals surface area (Å²) in [5.41, 5.74) is 14.6. The van der Waals surface area contributed by atoms with Gasteiger partial charge in [0.25, 0.3) is 5.91 Å². The van der Waals surface area contributed by atoms with Crippen molar-refractivity contribution in [1.29, 1.82) is 0 Å². The lowest BCUT2D eigenvalue weighted by Gasteiger charge is -2.38. The molecule has 4 N–H and O–H groups in total. The monoisotopic (exact) mass is 528 g/mol. The number of ether oxygens (including phenoxy) is 1. The molecule has 1 atom stereocenters. The average Bonchev–Trinajstić information content (AvgIpc) is 2.88. The fourth-order valence-corrected chi connectivity index (χ4v) is 4.70. The van der Waals surface area contributed by atoms with Gasteiger partial charge in [0.1, 0.15) is 12.1 Å². The zero-order valence-electron chi connectivity index (χ0n) is 21.5. The van der Waals surface area contributed by atoms with Gasteiger partial charge in [-0.15, -0.1) is 0 Å². The Hall–Kier alpha value is -3.27. The van der Waals surface area contributed by atoms with E-state index in [0.717, 1.165) is 0 Å². The SMILES string of the molecule is C=C(N)/C=C\C(=C/N)c1c(CC)ncnc1-c1cc(F)c(C(=O)N2CCN(C(C)COC)CC2)c(Cl)c1. The molecule has 10 heteroatoms. The number of nitrogens with two attached hydrogens (primary N) is 2. The minimum absolute atomic E-state index is 0.0157. The number of hydrogen-bond acceptors (Lipinski definition) is 7. The summed E-state index contributed by atoms with van der Waals surface area (Å²) in [5, 5.41) is 0.0157. The van der Waals surface area contributed by atoms with Crippen molar-refractivity contribution in [2.24, 2.45) is 11.5 Å². The van der Waals surface area contributed by atoms with Crippen LogP contribution in [0.15, 0.2) is 49.1 Å². The quantitative estimate of drug-likeness (QED) is 0.478. The molecular formula is C27H34ClFN6O2. The highest BCUT2D eigenvalue weighted by molar-refractivity contribution is 6.34. The van der Waals surface area contributed by atoms with Gasteiger partial charge in [-0.05, 0) is 31.6 Å². The minimum atomic E-state index is -0.713. The first-order valence-corrected chi connectivity index (χ1v) is 12.5. The number of aromatic nitrogens is 2. The minimum Gasteiger partial charge on any atom is -0.404 e. The van der Waals surface area contributed by atoms with E-state index in [1.54, 1.807) is 30.2 Å². The van der Waals surface area contributed by atoms with Crippen LogP contribution in [0.4, 0.5) is 4.39 Å². The fourth-order valence-electron chi connectivity index (χ4n) is 4.42. The third kappa shape index (κ3) is 6.54. The van der Waals surface area contributed by atoms with E-state index in [-0.39, 0.29) is 16.6 Å². The van der Waals surface area contributed by atoms with Gasteiger partial charge in [0.2, 0.25) is 0 Å². The molecule has 1 unspecified atom stereocenters. The van der Waals surface area contributed by atoms with E-state index >= 15 is 4.39 Å². The van der Waals surface area contributed by atoms with Gasteiger partial charge in [-0.3, -0.25) is 9.69 Å². The summed E-state index contributed by atoms with van der Waals surface area (Å²) in [7, 11) is 1.67. The normalized spacial score (nSPS) is 15.8. The van der Waals surface area contributed by atoms with E-state index in [4.69, 9.17) is 27.8 Å². The summed E-state index contributed by atoms with van der Waals surface area (Å²) in [5.74, 6) is -1.15. The summed E-state index contributed by atoms with van der Waals surface area (Å²) in [6.45, 7) is 10.6. The summed E-state index contributed by atoms with van der Waals surface area (Å²) in [6.07, 6.45) is 6.71. The van der Waals surface area contributed by atoms with Crippen LogP contribution in [0.2, 0.25) is 5.02 Å². The Morgan fingerprint density at radius 1 is 1.24 bits per heavy atom. The van der Waals surface area contributed by atoms with E-state index in [9.17, 15) is 4.79 Å². The highest BCUT2D eigenvalue weighted by Gasteiger charge is 2.28. The number of carbonyl (C=O) groups excluding carboxylic acids is 1. The number of aryl methyl sites for hydroxylation is 1. The molecule has 8 nitrogen and oxygen atoms in total. The smallest absolute Gasteiger partial charge is 0.258 e. The second kappa shape index (κ2) is 12.8. The molecular weight excluding hydrogens is 495 g/mol. The molecule has 1 aliphatic heterocycles. The molecule has 1 aromatic carbocycles. The van der Waals surface area contributed by atoms with Crippen molar-refractivity contribution in [1.82, 2.24) is 19.8 Å². The molecule has 198 valence electrons. The summed E-state index contributed by atoms with van der Waals surface area (Å²) >= 11 is 6.52. The lowest BCUT2D eigenvalue weighted by molar-refractivity contribution is 0.0446. The van der Waals surface area contributed by atoms with Gasteiger partial charge in [0, 0.05) is 67.9 Å². The van der Waals surface area contributed by atoms with Crippen molar-refractivity contribution in [3.05, 3.63) is 76.7 Å². The number of piperazine rings is 1. The molecule has 2 heterocycles. The van der Waals surface area contributed by atoms with Crippen LogP contribution in [0.25, 0.3) is 16.8 Å². The first-order chi connectivity index (χ1) is 17.7. The van der Waals surface area contributed by atoms with E-state index in [0.29, 0.717) is 73.0 Å². The lowest BCUT2D eigenvalue weighted by Crippen LogP contribution is -2.52. The first-order valence-electron chi connectivity index (χ1n) is 12.1. The number of hydrogen-bond donors (Lipinski definition) is 2. The first kappa shape index (κ1) is 28.3. The van der Waals surface area contributed by atoms with Crippen molar-refractivity contribution in [2.45, 2.75) is 26.3 Å². The van der Waals surface area contributed by atoms with Crippen LogP contribution >= 0.6 is 11.6 Å². The Morgan fingerprint density at radius 2 is 1.95 bits per heavy atom. The Bertz CT molecular complexity index is 1180. The fraction of sp³-hybridized carbons (Fsp3) is 0.370. The van der Waals surface area contributed by atoms with E-state index in [2.05, 4.69) is 28.4 Å². The van der Waals surface area contributed by atoms with Gasteiger partial charge in [-0.1, -0.05) is 31.2 Å². The molecule has 1 aliphatic rings. The Balaban J connectivity index is 1.94. The van der Waals surface area contributed by atoms with Gasteiger partial charge in [-0.25, -0.2) is 14.4 Å². The number of halogens is 2. The molecule has 1 fully saturated rings. The van der Waals surface area contributed by atoms with Crippen LogP contribution in [0.3, 0.4) is 0 Å². The van der Waals surface area contributed by atoms with Gasteiger partial charge < -0.3 is 21.1 Å². The second-order valence-corrected chi connectivity index (χ2v) is 9.28. The third-order valence-electron chi connectivity index (χ3n) is 6.37. The molecule has 1 saturated heterocycles. The predicted octanol–water partition coefficient (Wildman–Crippen LogP) is 3.62. The highest BCUT2D eigenvalue weighted by atomic mass is 35.5. The van der Waals surface area contributed by atoms with Gasteiger partial charge in [-0.2, -0.15) is 0 Å². The van der Waals surface area contributed by atoms with E-state index in [1.807, 2.05) is 6.92 Å². The van der Waals surface area contributed by atoms with E-state index < -0.39 is 11.7 Å². The highest BCUT2D eigenvalue weighted by Crippen LogP contribution is 2.34. The number of benzene rings is 1. The van der Waals surface area contributed by atoms with Crippen LogP contribution in [0.1, 0.15) is 35.5 Å². The lowest BCUT2D eigenvalue weighted by atomic mass is 9.95. The number of methoxy groups -OCH3 is 1.